The van der Waals surface area contributed by atoms with Gasteiger partial charge in [0, 0.05) is 6.07 Å². The third-order valence-corrected chi connectivity index (χ3v) is 8.23. The van der Waals surface area contributed by atoms with Gasteiger partial charge in [0.15, 0.2) is 13.2 Å². The first-order valence-electron chi connectivity index (χ1n) is 10.6. The second-order valence-corrected chi connectivity index (χ2v) is 11.0. The van der Waals surface area contributed by atoms with E-state index in [9.17, 15) is 39.3 Å². The van der Waals surface area contributed by atoms with Crippen molar-refractivity contribution < 1.29 is 57.8 Å². The molecule has 0 radical (unpaired) electrons. The number of alkyl halides is 6. The second kappa shape index (κ2) is 12.5. The van der Waals surface area contributed by atoms with Crippen LogP contribution in [0.4, 0.5) is 26.3 Å². The summed E-state index contributed by atoms with van der Waals surface area (Å²) in [7, 11) is -9.20. The Kier molecular flexibility index (Phi) is 10.4. The number of hydrogen-bond acceptors (Lipinski definition) is 7. The summed E-state index contributed by atoms with van der Waals surface area (Å²) in [5.41, 5.74) is 0.124. The van der Waals surface area contributed by atoms with Gasteiger partial charge in [0.05, 0.1) is 13.2 Å². The average molecular weight is 579 g/mol. The molecule has 1 N–H and O–H groups in total. The van der Waals surface area contributed by atoms with Gasteiger partial charge in [0.1, 0.15) is 22.2 Å². The Balaban J connectivity index is 2.59. The summed E-state index contributed by atoms with van der Waals surface area (Å²) in [6, 6.07) is 9.50. The third kappa shape index (κ3) is 9.49. The zero-order valence-electron chi connectivity index (χ0n) is 19.5. The van der Waals surface area contributed by atoms with Crippen molar-refractivity contribution in [3.05, 3.63) is 54.1 Å². The lowest BCUT2D eigenvalue weighted by Gasteiger charge is -2.27. The average Bonchev–Trinajstić information content (AvgIpc) is 2.80. The van der Waals surface area contributed by atoms with Gasteiger partial charge < -0.3 is 18.5 Å². The molecule has 0 spiro atoms. The van der Waals surface area contributed by atoms with E-state index in [1.165, 1.54) is 38.1 Å². The summed E-state index contributed by atoms with van der Waals surface area (Å²) in [4.78, 5) is -0.989. The highest BCUT2D eigenvalue weighted by Gasteiger charge is 2.41. The Morgan fingerprint density at radius 3 is 1.92 bits per heavy atom. The first-order valence-corrected chi connectivity index (χ1v) is 13.7. The first-order chi connectivity index (χ1) is 17.1. The summed E-state index contributed by atoms with van der Waals surface area (Å²) in [5.74, 6) is -3.13. The Labute approximate surface area is 209 Å². The number of halogens is 6. The standard InChI is InChI=1S/C21H24F6NO7PS/c1-3-34-36(29,35-4-2)19(15-8-6-5-7-9-15)28-37(30,31)18-12-16(32-13-20(22,23)24)10-11-17(18)33-14-21(25,26)27/h5-12,19,28H,3-4,13-14H2,1-2H3. The normalized spacial score (nSPS) is 13.8. The highest BCUT2D eigenvalue weighted by atomic mass is 32.2. The van der Waals surface area contributed by atoms with E-state index in [1.54, 1.807) is 6.07 Å². The van der Waals surface area contributed by atoms with Crippen LogP contribution in [0.3, 0.4) is 0 Å². The van der Waals surface area contributed by atoms with Gasteiger partial charge in [-0.25, -0.2) is 8.42 Å². The number of rotatable bonds is 13. The van der Waals surface area contributed by atoms with Gasteiger partial charge in [-0.05, 0) is 31.5 Å². The molecule has 0 fully saturated rings. The van der Waals surface area contributed by atoms with Crippen molar-refractivity contribution in [2.75, 3.05) is 26.4 Å². The van der Waals surface area contributed by atoms with Crippen LogP contribution < -0.4 is 14.2 Å². The lowest BCUT2D eigenvalue weighted by atomic mass is 10.2. The Hall–Kier alpha value is -2.32. The topological polar surface area (TPSA) is 100 Å². The maximum atomic E-state index is 13.5. The zero-order valence-corrected chi connectivity index (χ0v) is 21.2. The van der Waals surface area contributed by atoms with Crippen molar-refractivity contribution in [2.24, 2.45) is 0 Å². The van der Waals surface area contributed by atoms with Crippen molar-refractivity contribution in [1.29, 1.82) is 0 Å². The maximum absolute atomic E-state index is 13.5. The first kappa shape index (κ1) is 30.9. The summed E-state index contributed by atoms with van der Waals surface area (Å²) in [5, 5.41) is 0. The lowest BCUT2D eigenvalue weighted by molar-refractivity contribution is -0.154. The summed E-state index contributed by atoms with van der Waals surface area (Å²) in [6.45, 7) is -1.03. The number of benzene rings is 2. The Morgan fingerprint density at radius 2 is 1.41 bits per heavy atom. The third-order valence-electron chi connectivity index (χ3n) is 4.31. The van der Waals surface area contributed by atoms with Crippen molar-refractivity contribution >= 4 is 17.6 Å². The van der Waals surface area contributed by atoms with Crippen LogP contribution in [0.2, 0.25) is 0 Å². The number of nitrogens with one attached hydrogen (secondary N) is 1. The molecule has 0 saturated heterocycles. The number of sulfonamides is 1. The number of ether oxygens (including phenoxy) is 2. The molecule has 0 aliphatic carbocycles. The maximum Gasteiger partial charge on any atom is 0.422 e. The van der Waals surface area contributed by atoms with Crippen LogP contribution in [-0.2, 0) is 23.6 Å². The van der Waals surface area contributed by atoms with Gasteiger partial charge in [0.25, 0.3) is 0 Å². The smallest absolute Gasteiger partial charge is 0.422 e. The van der Waals surface area contributed by atoms with Crippen LogP contribution in [0, 0.1) is 0 Å². The minimum absolute atomic E-state index is 0.124. The van der Waals surface area contributed by atoms with E-state index in [2.05, 4.69) is 14.2 Å². The molecule has 2 aromatic carbocycles. The SMILES string of the molecule is CCOP(=O)(OCC)C(NS(=O)(=O)c1cc(OCC(F)(F)F)ccc1OCC(F)(F)F)c1ccccc1. The molecule has 0 bridgehead atoms. The lowest BCUT2D eigenvalue weighted by Crippen LogP contribution is -2.31. The fraction of sp³-hybridized carbons (Fsp3) is 0.429. The molecule has 37 heavy (non-hydrogen) atoms. The fourth-order valence-electron chi connectivity index (χ4n) is 2.94. The molecule has 1 unspecified atom stereocenters. The highest BCUT2D eigenvalue weighted by molar-refractivity contribution is 7.90. The van der Waals surface area contributed by atoms with E-state index < -0.39 is 65.4 Å². The largest absolute Gasteiger partial charge is 0.484 e. The molecule has 0 aromatic heterocycles. The molecule has 2 aromatic rings. The van der Waals surface area contributed by atoms with Gasteiger partial charge in [-0.2, -0.15) is 31.1 Å². The van der Waals surface area contributed by atoms with Gasteiger partial charge in [-0.1, -0.05) is 30.3 Å². The molecule has 0 aliphatic heterocycles. The van der Waals surface area contributed by atoms with E-state index in [0.717, 1.165) is 6.07 Å². The van der Waals surface area contributed by atoms with Crippen LogP contribution in [-0.4, -0.2) is 47.2 Å². The van der Waals surface area contributed by atoms with Crippen LogP contribution in [0.5, 0.6) is 11.5 Å². The molecule has 8 nitrogen and oxygen atoms in total. The van der Waals surface area contributed by atoms with Crippen LogP contribution >= 0.6 is 7.60 Å². The quantitative estimate of drug-likeness (QED) is 0.236. The van der Waals surface area contributed by atoms with Crippen molar-refractivity contribution in [3.63, 3.8) is 0 Å². The Bertz CT molecular complexity index is 1170. The second-order valence-electron chi connectivity index (χ2n) is 7.23. The highest BCUT2D eigenvalue weighted by Crippen LogP contribution is 2.60. The van der Waals surface area contributed by atoms with Gasteiger partial charge in [-0.3, -0.25) is 4.57 Å². The molecule has 0 amide bonds. The summed E-state index contributed by atoms with van der Waals surface area (Å²) in [6.07, 6.45) is -9.63. The van der Waals surface area contributed by atoms with E-state index in [0.29, 0.717) is 12.1 Å². The van der Waals surface area contributed by atoms with Gasteiger partial charge in [0.2, 0.25) is 10.0 Å². The monoisotopic (exact) mass is 579 g/mol. The van der Waals surface area contributed by atoms with Crippen molar-refractivity contribution in [2.45, 2.75) is 36.9 Å². The van der Waals surface area contributed by atoms with E-state index in [-0.39, 0.29) is 18.8 Å². The zero-order chi connectivity index (χ0) is 27.9. The predicted molar refractivity (Wildman–Crippen MR) is 120 cm³/mol. The van der Waals surface area contributed by atoms with E-state index in [4.69, 9.17) is 9.05 Å². The van der Waals surface area contributed by atoms with Gasteiger partial charge >= 0.3 is 19.9 Å². The minimum Gasteiger partial charge on any atom is -0.484 e. The van der Waals surface area contributed by atoms with Crippen molar-refractivity contribution in [3.8, 4) is 11.5 Å². The molecule has 0 aliphatic rings. The van der Waals surface area contributed by atoms with Crippen LogP contribution in [0.15, 0.2) is 53.4 Å². The molecule has 1 atom stereocenters. The molecule has 0 saturated carbocycles. The molecule has 2 rings (SSSR count). The predicted octanol–water partition coefficient (Wildman–Crippen LogP) is 5.81. The molecular weight excluding hydrogens is 555 g/mol. The summed E-state index contributed by atoms with van der Waals surface area (Å²) < 4.78 is 138. The molecule has 208 valence electrons. The van der Waals surface area contributed by atoms with Crippen molar-refractivity contribution in [1.82, 2.24) is 4.72 Å². The molecule has 0 heterocycles. The van der Waals surface area contributed by atoms with Crippen LogP contribution in [0.25, 0.3) is 0 Å². The van der Waals surface area contributed by atoms with Gasteiger partial charge in [-0.15, -0.1) is 0 Å². The molecule has 16 heteroatoms. The number of hydrogen-bond donors (Lipinski definition) is 1. The van der Waals surface area contributed by atoms with Crippen LogP contribution in [0.1, 0.15) is 25.2 Å². The molecular formula is C21H24F6NO7PS. The van der Waals surface area contributed by atoms with E-state index >= 15 is 0 Å². The fourth-order valence-corrected chi connectivity index (χ4v) is 6.72. The van der Waals surface area contributed by atoms with E-state index in [1.807, 2.05) is 0 Å². The minimum atomic E-state index is -4.94. The Morgan fingerprint density at radius 1 is 0.865 bits per heavy atom. The summed E-state index contributed by atoms with van der Waals surface area (Å²) >= 11 is 0.